The van der Waals surface area contributed by atoms with Crippen molar-refractivity contribution in [1.82, 2.24) is 15.1 Å². The number of nitrogens with zero attached hydrogens (tertiary/aromatic N) is 2. The lowest BCUT2D eigenvalue weighted by atomic mass is 10.1. The monoisotopic (exact) mass is 846 g/mol. The fraction of sp³-hybridized carbons (Fsp3) is 0.909. The van der Waals surface area contributed by atoms with E-state index in [2.05, 4.69) is 24.1 Å². The summed E-state index contributed by atoms with van der Waals surface area (Å²) >= 11 is 0. The van der Waals surface area contributed by atoms with Crippen LogP contribution in [0.2, 0.25) is 0 Å². The molecule has 0 aromatic carbocycles. The van der Waals surface area contributed by atoms with Crippen LogP contribution in [0.5, 0.6) is 0 Å². The zero-order valence-corrected chi connectivity index (χ0v) is 38.0. The number of likely N-dealkylation sites (tertiary alicyclic amines) is 1. The fourth-order valence-electron chi connectivity index (χ4n) is 6.69. The molecule has 1 aliphatic rings. The van der Waals surface area contributed by atoms with E-state index in [0.717, 1.165) is 83.8 Å². The molecule has 1 heterocycles. The van der Waals surface area contributed by atoms with E-state index in [4.69, 9.17) is 18.9 Å². The van der Waals surface area contributed by atoms with Crippen molar-refractivity contribution in [3.8, 4) is 0 Å². The SMILES string of the molecule is CCCCCCCCCOC(=O)CCCCCN(CCCCCC(=O)OCCCCCCCCC)C(=O)OCCSSCCOC(=O)NCCN1CCCCCC1. The summed E-state index contributed by atoms with van der Waals surface area (Å²) in [5.41, 5.74) is 0. The number of alkyl carbamates (subject to hydrolysis) is 1. The Bertz CT molecular complexity index is 930. The van der Waals surface area contributed by atoms with Crippen LogP contribution < -0.4 is 5.32 Å². The molecule has 1 aliphatic heterocycles. The number of carbonyl (C=O) groups excluding carboxylic acids is 4. The van der Waals surface area contributed by atoms with Gasteiger partial charge < -0.3 is 34.1 Å². The molecule has 0 spiro atoms. The van der Waals surface area contributed by atoms with Crippen molar-refractivity contribution in [3.05, 3.63) is 0 Å². The second kappa shape index (κ2) is 40.9. The van der Waals surface area contributed by atoms with Crippen LogP contribution in [-0.2, 0) is 28.5 Å². The van der Waals surface area contributed by atoms with Gasteiger partial charge in [-0.25, -0.2) is 9.59 Å². The first-order valence-corrected chi connectivity index (χ1v) is 25.5. The van der Waals surface area contributed by atoms with E-state index in [0.29, 0.717) is 70.4 Å². The lowest BCUT2D eigenvalue weighted by Gasteiger charge is -2.22. The zero-order chi connectivity index (χ0) is 41.3. The highest BCUT2D eigenvalue weighted by Gasteiger charge is 2.15. The minimum Gasteiger partial charge on any atom is -0.466 e. The van der Waals surface area contributed by atoms with E-state index < -0.39 is 0 Å². The zero-order valence-electron chi connectivity index (χ0n) is 36.3. The van der Waals surface area contributed by atoms with Crippen LogP contribution >= 0.6 is 21.6 Å². The Morgan fingerprint density at radius 2 is 0.982 bits per heavy atom. The quantitative estimate of drug-likeness (QED) is 0.0276. The molecule has 0 aliphatic carbocycles. The van der Waals surface area contributed by atoms with Gasteiger partial charge in [-0.15, -0.1) is 0 Å². The molecule has 13 heteroatoms. The van der Waals surface area contributed by atoms with Crippen LogP contribution in [0.25, 0.3) is 0 Å². The summed E-state index contributed by atoms with van der Waals surface area (Å²) in [6.45, 7) is 10.9. The largest absolute Gasteiger partial charge is 0.466 e. The first-order valence-electron chi connectivity index (χ1n) is 23.1. The number of nitrogens with one attached hydrogen (secondary N) is 1. The van der Waals surface area contributed by atoms with Gasteiger partial charge in [-0.3, -0.25) is 9.59 Å². The van der Waals surface area contributed by atoms with Crippen molar-refractivity contribution in [1.29, 1.82) is 0 Å². The summed E-state index contributed by atoms with van der Waals surface area (Å²) in [6, 6.07) is 0. The Labute approximate surface area is 355 Å². The average Bonchev–Trinajstić information content (AvgIpc) is 3.48. The van der Waals surface area contributed by atoms with Gasteiger partial charge in [0.2, 0.25) is 0 Å². The molecule has 1 rings (SSSR count). The highest BCUT2D eigenvalue weighted by atomic mass is 33.1. The molecule has 0 aromatic heterocycles. The summed E-state index contributed by atoms with van der Waals surface area (Å²) in [6.07, 6.45) is 26.5. The molecule has 1 saturated heterocycles. The van der Waals surface area contributed by atoms with E-state index in [1.165, 1.54) is 89.9 Å². The van der Waals surface area contributed by atoms with Gasteiger partial charge in [0.1, 0.15) is 13.2 Å². The Morgan fingerprint density at radius 1 is 0.526 bits per heavy atom. The van der Waals surface area contributed by atoms with E-state index in [-0.39, 0.29) is 24.1 Å². The van der Waals surface area contributed by atoms with E-state index in [1.54, 1.807) is 26.5 Å². The predicted molar refractivity (Wildman–Crippen MR) is 237 cm³/mol. The number of ether oxygens (including phenoxy) is 4. The second-order valence-corrected chi connectivity index (χ2v) is 18.1. The molecule has 0 unspecified atom stereocenters. The molecule has 0 atom stereocenters. The molecule has 0 bridgehead atoms. The molecule has 0 radical (unpaired) electrons. The first-order chi connectivity index (χ1) is 28.0. The minimum atomic E-state index is -0.373. The molecule has 0 aromatic rings. The molecule has 2 amide bonds. The Kier molecular flexibility index (Phi) is 38.1. The number of amides is 2. The van der Waals surface area contributed by atoms with Crippen LogP contribution in [-0.4, -0.2) is 111 Å². The van der Waals surface area contributed by atoms with Crippen LogP contribution in [0.1, 0.15) is 181 Å². The molecule has 57 heavy (non-hydrogen) atoms. The fourth-order valence-corrected chi connectivity index (χ4v) is 8.35. The van der Waals surface area contributed by atoms with E-state index >= 15 is 0 Å². The predicted octanol–water partition coefficient (Wildman–Crippen LogP) is 11.1. The van der Waals surface area contributed by atoms with Crippen LogP contribution in [0.4, 0.5) is 9.59 Å². The second-order valence-electron chi connectivity index (χ2n) is 15.4. The maximum atomic E-state index is 13.1. The Hall–Kier alpha value is -1.86. The topological polar surface area (TPSA) is 124 Å². The number of rotatable bonds is 38. The third-order valence-corrected chi connectivity index (χ3v) is 12.5. The Morgan fingerprint density at radius 3 is 1.49 bits per heavy atom. The molecule has 11 nitrogen and oxygen atoms in total. The molecule has 334 valence electrons. The molecular formula is C44H83N3O8S2. The van der Waals surface area contributed by atoms with Gasteiger partial charge in [0.05, 0.1) is 13.2 Å². The lowest BCUT2D eigenvalue weighted by Crippen LogP contribution is -2.35. The van der Waals surface area contributed by atoms with Gasteiger partial charge in [0.25, 0.3) is 0 Å². The van der Waals surface area contributed by atoms with Crippen molar-refractivity contribution in [2.24, 2.45) is 0 Å². The van der Waals surface area contributed by atoms with Crippen LogP contribution in [0.3, 0.4) is 0 Å². The maximum Gasteiger partial charge on any atom is 0.409 e. The highest BCUT2D eigenvalue weighted by Crippen LogP contribution is 2.20. The summed E-state index contributed by atoms with van der Waals surface area (Å²) in [4.78, 5) is 53.6. The van der Waals surface area contributed by atoms with Crippen molar-refractivity contribution in [3.63, 3.8) is 0 Å². The first kappa shape index (κ1) is 53.2. The van der Waals surface area contributed by atoms with Gasteiger partial charge in [-0.1, -0.05) is 138 Å². The molecule has 1 fully saturated rings. The van der Waals surface area contributed by atoms with Gasteiger partial charge in [0.15, 0.2) is 0 Å². The van der Waals surface area contributed by atoms with Crippen molar-refractivity contribution >= 4 is 45.7 Å². The summed E-state index contributed by atoms with van der Waals surface area (Å²) in [5, 5.41) is 2.85. The van der Waals surface area contributed by atoms with Gasteiger partial charge >= 0.3 is 24.1 Å². The van der Waals surface area contributed by atoms with Gasteiger partial charge in [-0.2, -0.15) is 0 Å². The van der Waals surface area contributed by atoms with Crippen LogP contribution in [0.15, 0.2) is 0 Å². The minimum absolute atomic E-state index is 0.137. The number of unbranched alkanes of at least 4 members (excludes halogenated alkanes) is 16. The van der Waals surface area contributed by atoms with Crippen molar-refractivity contribution in [2.75, 3.05) is 77.2 Å². The smallest absolute Gasteiger partial charge is 0.409 e. The normalized spacial score (nSPS) is 13.2. The van der Waals surface area contributed by atoms with Crippen molar-refractivity contribution < 1.29 is 38.1 Å². The standard InChI is InChI=1S/C44H83N3O8S2/c1-3-5-7-9-11-15-25-35-52-41(48)27-19-17-23-32-47(33-24-18-20-28-42(49)53-36-26-16-12-10-8-6-4-2)44(51)55-38-40-57-56-39-37-54-43(50)45-29-34-46-30-21-13-14-22-31-46/h3-40H2,1-2H3,(H,45,50). The summed E-state index contributed by atoms with van der Waals surface area (Å²) in [5.74, 6) is 1.02. The lowest BCUT2D eigenvalue weighted by molar-refractivity contribution is -0.144. The maximum absolute atomic E-state index is 13.1. The van der Waals surface area contributed by atoms with Gasteiger partial charge in [0, 0.05) is 50.5 Å². The average molecular weight is 846 g/mol. The number of carbonyl (C=O) groups is 4. The highest BCUT2D eigenvalue weighted by molar-refractivity contribution is 8.76. The van der Waals surface area contributed by atoms with E-state index in [9.17, 15) is 19.2 Å². The van der Waals surface area contributed by atoms with E-state index in [1.807, 2.05) is 0 Å². The third-order valence-electron chi connectivity index (χ3n) is 10.2. The third kappa shape index (κ3) is 35.8. The van der Waals surface area contributed by atoms with Crippen molar-refractivity contribution in [2.45, 2.75) is 181 Å². The Balaban J connectivity index is 2.26. The molecule has 0 saturated carbocycles. The number of hydrogen-bond acceptors (Lipinski definition) is 11. The van der Waals surface area contributed by atoms with Gasteiger partial charge in [-0.05, 0) is 64.5 Å². The molecule has 1 N–H and O–H groups in total. The molecular weight excluding hydrogens is 763 g/mol. The number of esters is 2. The van der Waals surface area contributed by atoms with Crippen LogP contribution in [0, 0.1) is 0 Å². The number of hydrogen-bond donors (Lipinski definition) is 1. The summed E-state index contributed by atoms with van der Waals surface area (Å²) in [7, 11) is 3.18. The summed E-state index contributed by atoms with van der Waals surface area (Å²) < 4.78 is 21.8.